The molecule has 2 saturated heterocycles. The van der Waals surface area contributed by atoms with Gasteiger partial charge in [0.1, 0.15) is 0 Å². The van der Waals surface area contributed by atoms with Gasteiger partial charge in [-0.25, -0.2) is 0 Å². The first-order valence-electron chi connectivity index (χ1n) is 7.94. The third kappa shape index (κ3) is 2.95. The minimum absolute atomic E-state index is 0.510. The molecule has 0 saturated carbocycles. The minimum Gasteiger partial charge on any atom is -0.311 e. The van der Waals surface area contributed by atoms with Gasteiger partial charge in [-0.15, -0.1) is 0 Å². The summed E-state index contributed by atoms with van der Waals surface area (Å²) in [4.78, 5) is 2.70. The lowest BCUT2D eigenvalue weighted by atomic mass is 9.95. The number of nitrogens with one attached hydrogen (secondary N) is 1. The van der Waals surface area contributed by atoms with Crippen molar-refractivity contribution in [2.24, 2.45) is 0 Å². The Kier molecular flexibility index (Phi) is 4.49. The summed E-state index contributed by atoms with van der Waals surface area (Å²) in [5, 5.41) is 3.75. The van der Waals surface area contributed by atoms with E-state index < -0.39 is 0 Å². The van der Waals surface area contributed by atoms with Gasteiger partial charge < -0.3 is 5.32 Å². The zero-order valence-corrected chi connectivity index (χ0v) is 14.1. The van der Waals surface area contributed by atoms with Crippen LogP contribution in [-0.4, -0.2) is 29.6 Å². The molecule has 3 atom stereocenters. The summed E-state index contributed by atoms with van der Waals surface area (Å²) in [6.45, 7) is 5.80. The van der Waals surface area contributed by atoms with Crippen molar-refractivity contribution in [1.29, 1.82) is 0 Å². The number of rotatable bonds is 4. The molecule has 2 aliphatic rings. The summed E-state index contributed by atoms with van der Waals surface area (Å²) < 4.78 is 1.16. The molecule has 1 aromatic carbocycles. The van der Waals surface area contributed by atoms with E-state index in [-0.39, 0.29) is 0 Å². The third-order valence-electron chi connectivity index (χ3n) is 5.13. The molecule has 2 nitrogen and oxygen atoms in total. The summed E-state index contributed by atoms with van der Waals surface area (Å²) in [6.07, 6.45) is 5.41. The zero-order chi connectivity index (χ0) is 14.1. The molecular formula is C17H25BrN2. The fourth-order valence-corrected chi connectivity index (χ4v) is 4.34. The highest BCUT2D eigenvalue weighted by atomic mass is 79.9. The molecule has 110 valence electrons. The molecule has 3 heteroatoms. The maximum atomic E-state index is 3.75. The van der Waals surface area contributed by atoms with Gasteiger partial charge in [-0.3, -0.25) is 4.90 Å². The largest absolute Gasteiger partial charge is 0.311 e. The maximum Gasteiger partial charge on any atom is 0.0322 e. The number of hydrogen-bond donors (Lipinski definition) is 1. The number of halogens is 1. The molecule has 0 spiro atoms. The van der Waals surface area contributed by atoms with Crippen LogP contribution in [0.2, 0.25) is 0 Å². The monoisotopic (exact) mass is 336 g/mol. The highest BCUT2D eigenvalue weighted by molar-refractivity contribution is 9.10. The van der Waals surface area contributed by atoms with Crippen LogP contribution in [0.5, 0.6) is 0 Å². The zero-order valence-electron chi connectivity index (χ0n) is 12.5. The van der Waals surface area contributed by atoms with Crippen molar-refractivity contribution in [2.75, 3.05) is 6.54 Å². The predicted octanol–water partition coefficient (Wildman–Crippen LogP) is 4.12. The average Bonchev–Trinajstić information content (AvgIpc) is 2.79. The van der Waals surface area contributed by atoms with E-state index >= 15 is 0 Å². The van der Waals surface area contributed by atoms with E-state index in [0.29, 0.717) is 6.04 Å². The van der Waals surface area contributed by atoms with Crippen molar-refractivity contribution in [2.45, 2.75) is 63.7 Å². The highest BCUT2D eigenvalue weighted by Crippen LogP contribution is 2.33. The van der Waals surface area contributed by atoms with Crippen LogP contribution in [-0.2, 0) is 0 Å². The first-order chi connectivity index (χ1) is 9.67. The summed E-state index contributed by atoms with van der Waals surface area (Å²) in [5.41, 5.74) is 1.43. The van der Waals surface area contributed by atoms with Gasteiger partial charge in [0.15, 0.2) is 0 Å². The van der Waals surface area contributed by atoms with E-state index in [0.717, 1.165) is 29.1 Å². The van der Waals surface area contributed by atoms with Gasteiger partial charge in [0, 0.05) is 28.6 Å². The second-order valence-electron chi connectivity index (χ2n) is 6.32. The molecule has 0 aliphatic carbocycles. The van der Waals surface area contributed by atoms with Gasteiger partial charge in [0.05, 0.1) is 0 Å². The standard InChI is InChI=1S/C17H25BrN2/c1-3-20(12(2)13-4-6-14(18)7-5-13)17-10-15-8-9-16(11-17)19-15/h4-7,12,15-17,19H,3,8-11H2,1-2H3. The first-order valence-corrected chi connectivity index (χ1v) is 8.74. The second-order valence-corrected chi connectivity index (χ2v) is 7.24. The third-order valence-corrected chi connectivity index (χ3v) is 5.66. The van der Waals surface area contributed by atoms with Crippen LogP contribution in [0.15, 0.2) is 28.7 Å². The van der Waals surface area contributed by atoms with Crippen LogP contribution >= 0.6 is 15.9 Å². The van der Waals surface area contributed by atoms with Gasteiger partial charge in [0.25, 0.3) is 0 Å². The van der Waals surface area contributed by atoms with Crippen LogP contribution in [0.1, 0.15) is 51.1 Å². The van der Waals surface area contributed by atoms with Crippen LogP contribution in [0, 0.1) is 0 Å². The summed E-state index contributed by atoms with van der Waals surface area (Å²) in [6, 6.07) is 11.6. The molecule has 0 aromatic heterocycles. The predicted molar refractivity (Wildman–Crippen MR) is 87.9 cm³/mol. The van der Waals surface area contributed by atoms with Gasteiger partial charge in [-0.1, -0.05) is 35.0 Å². The number of hydrogen-bond acceptors (Lipinski definition) is 2. The Labute approximate surface area is 131 Å². The SMILES string of the molecule is CCN(C1CC2CCC(C1)N2)C(C)c1ccc(Br)cc1. The minimum atomic E-state index is 0.510. The van der Waals surface area contributed by atoms with Crippen LogP contribution in [0.25, 0.3) is 0 Å². The Morgan fingerprint density at radius 1 is 1.20 bits per heavy atom. The Morgan fingerprint density at radius 3 is 2.35 bits per heavy atom. The van der Waals surface area contributed by atoms with Gasteiger partial charge in [0.2, 0.25) is 0 Å². The number of benzene rings is 1. The molecule has 0 radical (unpaired) electrons. The molecule has 3 unspecified atom stereocenters. The Hall–Kier alpha value is -0.380. The topological polar surface area (TPSA) is 15.3 Å². The molecule has 0 amide bonds. The summed E-state index contributed by atoms with van der Waals surface area (Å²) in [7, 11) is 0. The summed E-state index contributed by atoms with van der Waals surface area (Å²) >= 11 is 3.53. The fraction of sp³-hybridized carbons (Fsp3) is 0.647. The van der Waals surface area contributed by atoms with E-state index in [2.05, 4.69) is 64.3 Å². The average molecular weight is 337 g/mol. The van der Waals surface area contributed by atoms with Crippen molar-refractivity contribution < 1.29 is 0 Å². The quantitative estimate of drug-likeness (QED) is 0.889. The fourth-order valence-electron chi connectivity index (χ4n) is 4.08. The lowest BCUT2D eigenvalue weighted by Crippen LogP contribution is -2.48. The number of nitrogens with zero attached hydrogens (tertiary/aromatic N) is 1. The molecule has 2 aliphatic heterocycles. The number of fused-ring (bicyclic) bond motifs is 2. The molecule has 3 rings (SSSR count). The van der Waals surface area contributed by atoms with Crippen molar-refractivity contribution in [3.05, 3.63) is 34.3 Å². The number of piperidine rings is 1. The first kappa shape index (κ1) is 14.6. The Morgan fingerprint density at radius 2 is 1.80 bits per heavy atom. The van der Waals surface area contributed by atoms with Crippen LogP contribution in [0.4, 0.5) is 0 Å². The normalized spacial score (nSPS) is 30.7. The van der Waals surface area contributed by atoms with Crippen molar-refractivity contribution in [3.8, 4) is 0 Å². The van der Waals surface area contributed by atoms with E-state index in [1.807, 2.05) is 0 Å². The van der Waals surface area contributed by atoms with Crippen LogP contribution in [0.3, 0.4) is 0 Å². The lowest BCUT2D eigenvalue weighted by molar-refractivity contribution is 0.108. The maximum absolute atomic E-state index is 3.75. The van der Waals surface area contributed by atoms with Gasteiger partial charge in [-0.05, 0) is 56.8 Å². The molecule has 1 aromatic rings. The van der Waals surface area contributed by atoms with Gasteiger partial charge >= 0.3 is 0 Å². The lowest BCUT2D eigenvalue weighted by Gasteiger charge is -2.40. The van der Waals surface area contributed by atoms with Gasteiger partial charge in [-0.2, -0.15) is 0 Å². The van der Waals surface area contributed by atoms with Crippen molar-refractivity contribution in [3.63, 3.8) is 0 Å². The molecular weight excluding hydrogens is 312 g/mol. The van der Waals surface area contributed by atoms with E-state index in [1.165, 1.54) is 31.2 Å². The Balaban J connectivity index is 1.73. The highest BCUT2D eigenvalue weighted by Gasteiger charge is 2.36. The Bertz CT molecular complexity index is 433. The van der Waals surface area contributed by atoms with Crippen molar-refractivity contribution >= 4 is 15.9 Å². The molecule has 2 fully saturated rings. The molecule has 2 bridgehead atoms. The molecule has 2 heterocycles. The van der Waals surface area contributed by atoms with Crippen LogP contribution < -0.4 is 5.32 Å². The van der Waals surface area contributed by atoms with E-state index in [4.69, 9.17) is 0 Å². The van der Waals surface area contributed by atoms with E-state index in [9.17, 15) is 0 Å². The molecule has 1 N–H and O–H groups in total. The smallest absolute Gasteiger partial charge is 0.0322 e. The second kappa shape index (κ2) is 6.17. The summed E-state index contributed by atoms with van der Waals surface area (Å²) in [5.74, 6) is 0. The van der Waals surface area contributed by atoms with Crippen molar-refractivity contribution in [1.82, 2.24) is 10.2 Å². The molecule has 20 heavy (non-hydrogen) atoms. The van der Waals surface area contributed by atoms with E-state index in [1.54, 1.807) is 0 Å².